The fourth-order valence-electron chi connectivity index (χ4n) is 3.38. The molecule has 0 spiro atoms. The van der Waals surface area contributed by atoms with E-state index < -0.39 is 58.5 Å². The Bertz CT molecular complexity index is 894. The third-order valence-electron chi connectivity index (χ3n) is 4.78. The Morgan fingerprint density at radius 2 is 2.00 bits per heavy atom. The van der Waals surface area contributed by atoms with Crippen LogP contribution in [-0.4, -0.2) is 71.9 Å². The first kappa shape index (κ1) is 22.5. The molecule has 0 aliphatic carbocycles. The van der Waals surface area contributed by atoms with Gasteiger partial charge in [0.2, 0.25) is 15.9 Å². The van der Waals surface area contributed by atoms with Crippen molar-refractivity contribution in [2.24, 2.45) is 0 Å². The first-order valence-corrected chi connectivity index (χ1v) is 10.3. The molecule has 168 valence electrons. The van der Waals surface area contributed by atoms with Crippen molar-refractivity contribution in [1.82, 2.24) is 14.2 Å². The summed E-state index contributed by atoms with van der Waals surface area (Å²) in [7, 11) is -3.74. The molecule has 3 heterocycles. The van der Waals surface area contributed by atoms with Gasteiger partial charge in [0, 0.05) is 31.6 Å². The second kappa shape index (κ2) is 7.80. The van der Waals surface area contributed by atoms with Crippen LogP contribution in [0.5, 0.6) is 11.6 Å². The average molecular weight is 459 g/mol. The van der Waals surface area contributed by atoms with Crippen molar-refractivity contribution in [3.05, 3.63) is 18.3 Å². The van der Waals surface area contributed by atoms with Gasteiger partial charge in [0.1, 0.15) is 0 Å². The van der Waals surface area contributed by atoms with E-state index in [9.17, 15) is 35.2 Å². The number of hydrogen-bond donors (Lipinski definition) is 0. The van der Waals surface area contributed by atoms with E-state index in [2.05, 4.69) is 9.72 Å². The number of aromatic nitrogens is 1. The van der Waals surface area contributed by atoms with E-state index in [4.69, 9.17) is 4.74 Å². The molecule has 2 aliphatic rings. The van der Waals surface area contributed by atoms with Crippen molar-refractivity contribution in [2.45, 2.75) is 43.3 Å². The minimum absolute atomic E-state index is 0.0811. The zero-order chi connectivity index (χ0) is 22.3. The molecule has 0 aromatic carbocycles. The number of ether oxygens (including phenoxy) is 2. The molecular weight excluding hydrogens is 441 g/mol. The minimum Gasteiger partial charge on any atom is -0.409 e. The van der Waals surface area contributed by atoms with Crippen molar-refractivity contribution in [1.29, 1.82) is 0 Å². The molecule has 3 rings (SSSR count). The quantitative estimate of drug-likeness (QED) is 0.646. The van der Waals surface area contributed by atoms with Crippen molar-refractivity contribution in [2.75, 3.05) is 19.6 Å². The van der Waals surface area contributed by atoms with Gasteiger partial charge in [0.05, 0.1) is 18.0 Å². The second-order valence-electron chi connectivity index (χ2n) is 7.10. The van der Waals surface area contributed by atoms with Gasteiger partial charge < -0.3 is 14.4 Å². The molecular formula is C16H18F5N3O5S. The maximum Gasteiger partial charge on any atom is 0.574 e. The third-order valence-corrected chi connectivity index (χ3v) is 7.17. The lowest BCUT2D eigenvalue weighted by atomic mass is 10.0. The molecule has 2 fully saturated rings. The first-order chi connectivity index (χ1) is 13.8. The SMILES string of the molecule is C[C@@H]1CCN(C2CN(C(=O)Oc3ccc(OC(F)(F)F)nc3)CC(F)(F)C2)S1(=O)=O. The van der Waals surface area contributed by atoms with Gasteiger partial charge in [-0.25, -0.2) is 27.0 Å². The number of pyridine rings is 1. The van der Waals surface area contributed by atoms with Gasteiger partial charge in [-0.1, -0.05) is 0 Å². The number of piperidine rings is 1. The number of alkyl halides is 5. The zero-order valence-electron chi connectivity index (χ0n) is 15.6. The number of rotatable bonds is 3. The van der Waals surface area contributed by atoms with E-state index >= 15 is 0 Å². The Hall–Kier alpha value is -2.22. The summed E-state index contributed by atoms with van der Waals surface area (Å²) in [5.74, 6) is -4.42. The molecule has 1 aromatic heterocycles. The van der Waals surface area contributed by atoms with Gasteiger partial charge in [0.25, 0.3) is 5.92 Å². The largest absolute Gasteiger partial charge is 0.574 e. The first-order valence-electron chi connectivity index (χ1n) is 8.84. The number of halogens is 5. The van der Waals surface area contributed by atoms with Gasteiger partial charge >= 0.3 is 12.5 Å². The average Bonchev–Trinajstić information content (AvgIpc) is 2.87. The summed E-state index contributed by atoms with van der Waals surface area (Å²) in [4.78, 5) is 16.3. The molecule has 0 radical (unpaired) electrons. The molecule has 1 aromatic rings. The maximum absolute atomic E-state index is 14.2. The lowest BCUT2D eigenvalue weighted by molar-refractivity contribution is -0.276. The molecule has 1 unspecified atom stereocenters. The summed E-state index contributed by atoms with van der Waals surface area (Å²) >= 11 is 0. The minimum atomic E-state index is -4.95. The zero-order valence-corrected chi connectivity index (χ0v) is 16.4. The normalized spacial score (nSPS) is 26.4. The molecule has 2 atom stereocenters. The molecule has 0 N–H and O–H groups in total. The van der Waals surface area contributed by atoms with E-state index in [0.717, 1.165) is 22.6 Å². The number of hydrogen-bond acceptors (Lipinski definition) is 6. The van der Waals surface area contributed by atoms with Gasteiger partial charge in [-0.3, -0.25) is 0 Å². The molecule has 1 amide bonds. The summed E-state index contributed by atoms with van der Waals surface area (Å²) in [6, 6.07) is 0.636. The van der Waals surface area contributed by atoms with Crippen LogP contribution in [0.2, 0.25) is 0 Å². The van der Waals surface area contributed by atoms with E-state index in [1.807, 2.05) is 0 Å². The number of carbonyl (C=O) groups is 1. The molecule has 30 heavy (non-hydrogen) atoms. The predicted molar refractivity (Wildman–Crippen MR) is 91.6 cm³/mol. The summed E-state index contributed by atoms with van der Waals surface area (Å²) in [5, 5.41) is -0.697. The van der Waals surface area contributed by atoms with Crippen LogP contribution in [0.4, 0.5) is 26.7 Å². The highest BCUT2D eigenvalue weighted by Crippen LogP contribution is 2.34. The Morgan fingerprint density at radius 3 is 2.53 bits per heavy atom. The molecule has 0 saturated carbocycles. The number of sulfonamides is 1. The standard InChI is InChI=1S/C16H18F5N3O5S/c1-10-4-5-24(30(10,26)27)11-6-15(17,18)9-23(8-11)14(25)28-12-2-3-13(22-7-12)29-16(19,20)21/h2-3,7,10-11H,4-6,8-9H2,1H3/t10-,11?/m1/s1. The van der Waals surface area contributed by atoms with E-state index in [1.54, 1.807) is 0 Å². The molecule has 2 saturated heterocycles. The molecule has 8 nitrogen and oxygen atoms in total. The highest BCUT2D eigenvalue weighted by Gasteiger charge is 2.49. The topological polar surface area (TPSA) is 89.0 Å². The Morgan fingerprint density at radius 1 is 1.30 bits per heavy atom. The van der Waals surface area contributed by atoms with Crippen molar-refractivity contribution < 1.29 is 44.6 Å². The highest BCUT2D eigenvalue weighted by atomic mass is 32.2. The molecule has 14 heteroatoms. The molecule has 2 aliphatic heterocycles. The van der Waals surface area contributed by atoms with E-state index in [1.165, 1.54) is 6.92 Å². The number of amides is 1. The Labute approximate surface area is 168 Å². The monoisotopic (exact) mass is 459 g/mol. The lowest BCUT2D eigenvalue weighted by Crippen LogP contribution is -2.57. The van der Waals surface area contributed by atoms with Crippen molar-refractivity contribution >= 4 is 16.1 Å². The highest BCUT2D eigenvalue weighted by molar-refractivity contribution is 7.90. The Balaban J connectivity index is 1.69. The Kier molecular flexibility index (Phi) is 5.84. The smallest absolute Gasteiger partial charge is 0.409 e. The predicted octanol–water partition coefficient (Wildman–Crippen LogP) is 2.61. The lowest BCUT2D eigenvalue weighted by Gasteiger charge is -2.40. The maximum atomic E-state index is 14.2. The van der Waals surface area contributed by atoms with Gasteiger partial charge in [-0.15, -0.1) is 13.2 Å². The summed E-state index contributed by atoms with van der Waals surface area (Å²) in [5.41, 5.74) is 0. The summed E-state index contributed by atoms with van der Waals surface area (Å²) in [6.07, 6.45) is -5.81. The van der Waals surface area contributed by atoms with Crippen molar-refractivity contribution in [3.63, 3.8) is 0 Å². The van der Waals surface area contributed by atoms with E-state index in [0.29, 0.717) is 11.3 Å². The van der Waals surface area contributed by atoms with Crippen LogP contribution in [0, 0.1) is 0 Å². The summed E-state index contributed by atoms with van der Waals surface area (Å²) < 4.78 is 99.0. The van der Waals surface area contributed by atoms with Crippen LogP contribution in [-0.2, 0) is 10.0 Å². The van der Waals surface area contributed by atoms with Gasteiger partial charge in [-0.2, -0.15) is 4.31 Å². The number of nitrogens with zero attached hydrogens (tertiary/aromatic N) is 3. The van der Waals surface area contributed by atoms with Crippen LogP contribution < -0.4 is 9.47 Å². The van der Waals surface area contributed by atoms with Gasteiger partial charge in [-0.05, 0) is 19.4 Å². The second-order valence-corrected chi connectivity index (χ2v) is 9.40. The third kappa shape index (κ3) is 5.09. The summed E-state index contributed by atoms with van der Waals surface area (Å²) in [6.45, 7) is 0.288. The molecule has 0 bridgehead atoms. The van der Waals surface area contributed by atoms with Crippen LogP contribution in [0.25, 0.3) is 0 Å². The fourth-order valence-corrected chi connectivity index (χ4v) is 5.16. The van der Waals surface area contributed by atoms with Crippen LogP contribution in [0.3, 0.4) is 0 Å². The van der Waals surface area contributed by atoms with E-state index in [-0.39, 0.29) is 18.8 Å². The number of carbonyl (C=O) groups excluding carboxylic acids is 1. The van der Waals surface area contributed by atoms with Crippen LogP contribution in [0.1, 0.15) is 19.8 Å². The van der Waals surface area contributed by atoms with Crippen molar-refractivity contribution in [3.8, 4) is 11.6 Å². The number of likely N-dealkylation sites (tertiary alicyclic amines) is 1. The van der Waals surface area contributed by atoms with Crippen LogP contribution in [0.15, 0.2) is 18.3 Å². The fraction of sp³-hybridized carbons (Fsp3) is 0.625. The van der Waals surface area contributed by atoms with Crippen LogP contribution >= 0.6 is 0 Å². The van der Waals surface area contributed by atoms with Gasteiger partial charge in [0.15, 0.2) is 5.75 Å².